The Balaban J connectivity index is 2.02. The van der Waals surface area contributed by atoms with Crippen molar-refractivity contribution in [1.82, 2.24) is 10.2 Å². The molecule has 0 aliphatic carbocycles. The van der Waals surface area contributed by atoms with E-state index in [4.69, 9.17) is 0 Å². The van der Waals surface area contributed by atoms with Crippen molar-refractivity contribution in [3.05, 3.63) is 28.7 Å². The maximum atomic E-state index is 11.7. The van der Waals surface area contributed by atoms with Crippen LogP contribution in [0.25, 0.3) is 0 Å². The van der Waals surface area contributed by atoms with Gasteiger partial charge in [0.05, 0.1) is 0 Å². The van der Waals surface area contributed by atoms with Crippen molar-refractivity contribution >= 4 is 33.7 Å². The predicted octanol–water partition coefficient (Wildman–Crippen LogP) is 2.01. The molecule has 4 amide bonds. The Kier molecular flexibility index (Phi) is 3.09. The molecule has 0 unspecified atom stereocenters. The molecular formula is C10H10BrN3O2. The van der Waals surface area contributed by atoms with Crippen molar-refractivity contribution in [3.63, 3.8) is 0 Å². The number of hydrogen-bond donors (Lipinski definition) is 2. The number of nitrogens with zero attached hydrogens (tertiary/aromatic N) is 1. The van der Waals surface area contributed by atoms with Gasteiger partial charge in [-0.3, -0.25) is 0 Å². The second-order valence-electron chi connectivity index (χ2n) is 3.32. The van der Waals surface area contributed by atoms with Crippen LogP contribution in [0, 0.1) is 0 Å². The van der Waals surface area contributed by atoms with Crippen molar-refractivity contribution in [2.24, 2.45) is 0 Å². The predicted molar refractivity (Wildman–Crippen MR) is 63.3 cm³/mol. The quantitative estimate of drug-likeness (QED) is 0.828. The molecule has 1 heterocycles. The van der Waals surface area contributed by atoms with E-state index in [-0.39, 0.29) is 6.03 Å². The van der Waals surface area contributed by atoms with Crippen LogP contribution in [0.1, 0.15) is 0 Å². The molecule has 0 aromatic heterocycles. The van der Waals surface area contributed by atoms with Gasteiger partial charge in [0, 0.05) is 23.2 Å². The highest BCUT2D eigenvalue weighted by Gasteiger charge is 2.25. The highest BCUT2D eigenvalue weighted by Crippen LogP contribution is 2.14. The number of hydrogen-bond acceptors (Lipinski definition) is 2. The Morgan fingerprint density at radius 1 is 1.38 bits per heavy atom. The first-order valence-corrected chi connectivity index (χ1v) is 5.58. The fourth-order valence-electron chi connectivity index (χ4n) is 1.39. The van der Waals surface area contributed by atoms with Crippen molar-refractivity contribution in [3.8, 4) is 0 Å². The van der Waals surface area contributed by atoms with Gasteiger partial charge in [-0.1, -0.05) is 15.9 Å². The first kappa shape index (κ1) is 10.9. The highest BCUT2D eigenvalue weighted by atomic mass is 79.9. The molecule has 0 radical (unpaired) electrons. The molecule has 1 aliphatic rings. The number of rotatable bonds is 1. The monoisotopic (exact) mass is 283 g/mol. The number of halogens is 1. The molecule has 1 aromatic rings. The van der Waals surface area contributed by atoms with E-state index < -0.39 is 6.03 Å². The number of carbonyl (C=O) groups is 2. The van der Waals surface area contributed by atoms with Crippen LogP contribution in [0.2, 0.25) is 0 Å². The summed E-state index contributed by atoms with van der Waals surface area (Å²) in [6.45, 7) is 0.911. The average Bonchev–Trinajstić information content (AvgIpc) is 2.68. The molecule has 2 N–H and O–H groups in total. The van der Waals surface area contributed by atoms with Crippen molar-refractivity contribution in [2.45, 2.75) is 0 Å². The summed E-state index contributed by atoms with van der Waals surface area (Å²) in [4.78, 5) is 24.0. The highest BCUT2D eigenvalue weighted by molar-refractivity contribution is 9.10. The van der Waals surface area contributed by atoms with Crippen molar-refractivity contribution < 1.29 is 9.59 Å². The third kappa shape index (κ3) is 2.33. The number of nitrogens with one attached hydrogen (secondary N) is 2. The summed E-state index contributed by atoms with van der Waals surface area (Å²) in [6, 6.07) is 6.40. The number of urea groups is 2. The van der Waals surface area contributed by atoms with E-state index in [1.165, 1.54) is 0 Å². The van der Waals surface area contributed by atoms with Crippen LogP contribution in [0.15, 0.2) is 28.7 Å². The van der Waals surface area contributed by atoms with Crippen LogP contribution in [0.3, 0.4) is 0 Å². The van der Waals surface area contributed by atoms with E-state index in [9.17, 15) is 9.59 Å². The molecular weight excluding hydrogens is 274 g/mol. The molecule has 0 saturated carbocycles. The molecule has 5 nitrogen and oxygen atoms in total. The molecule has 0 bridgehead atoms. The maximum absolute atomic E-state index is 11.7. The van der Waals surface area contributed by atoms with Crippen LogP contribution < -0.4 is 10.6 Å². The van der Waals surface area contributed by atoms with Gasteiger partial charge >= 0.3 is 12.1 Å². The first-order chi connectivity index (χ1) is 7.66. The molecule has 0 atom stereocenters. The van der Waals surface area contributed by atoms with E-state index in [0.717, 1.165) is 9.37 Å². The fourth-order valence-corrected chi connectivity index (χ4v) is 1.65. The smallest absolute Gasteiger partial charge is 0.330 e. The lowest BCUT2D eigenvalue weighted by atomic mass is 10.3. The lowest BCUT2D eigenvalue weighted by molar-refractivity contribution is 0.207. The summed E-state index contributed by atoms with van der Waals surface area (Å²) in [7, 11) is 0. The minimum Gasteiger partial charge on any atom is -0.336 e. The van der Waals surface area contributed by atoms with E-state index in [0.29, 0.717) is 18.8 Å². The van der Waals surface area contributed by atoms with Gasteiger partial charge in [0.15, 0.2) is 0 Å². The molecule has 0 spiro atoms. The zero-order valence-corrected chi connectivity index (χ0v) is 9.95. The van der Waals surface area contributed by atoms with Crippen LogP contribution in [-0.2, 0) is 0 Å². The standard InChI is InChI=1S/C10H10BrN3O2/c11-7-1-3-8(4-2-7)13-10(16)14-6-5-12-9(14)15/h1-4H,5-6H2,(H,12,15)(H,13,16). The lowest BCUT2D eigenvalue weighted by Crippen LogP contribution is -2.37. The Morgan fingerprint density at radius 3 is 2.62 bits per heavy atom. The van der Waals surface area contributed by atoms with E-state index in [1.807, 2.05) is 12.1 Å². The third-order valence-corrected chi connectivity index (χ3v) is 2.73. The van der Waals surface area contributed by atoms with Gasteiger partial charge in [0.25, 0.3) is 0 Å². The van der Waals surface area contributed by atoms with E-state index in [1.54, 1.807) is 12.1 Å². The van der Waals surface area contributed by atoms with Gasteiger partial charge in [-0.25, -0.2) is 14.5 Å². The Morgan fingerprint density at radius 2 is 2.06 bits per heavy atom. The third-order valence-electron chi connectivity index (χ3n) is 2.20. The summed E-state index contributed by atoms with van der Waals surface area (Å²) in [5.41, 5.74) is 0.660. The number of benzene rings is 1. The van der Waals surface area contributed by atoms with Gasteiger partial charge in [-0.2, -0.15) is 0 Å². The van der Waals surface area contributed by atoms with Crippen LogP contribution in [0.5, 0.6) is 0 Å². The molecule has 1 aliphatic heterocycles. The maximum Gasteiger partial charge on any atom is 0.330 e. The van der Waals surface area contributed by atoms with Crippen LogP contribution in [-0.4, -0.2) is 30.1 Å². The Bertz CT molecular complexity index is 419. The number of anilines is 1. The minimum atomic E-state index is -0.405. The Labute approximate surface area is 101 Å². The molecule has 1 aromatic carbocycles. The summed E-state index contributed by atoms with van der Waals surface area (Å²) in [5.74, 6) is 0. The SMILES string of the molecule is O=C1NCCN1C(=O)Nc1ccc(Br)cc1. The molecule has 84 valence electrons. The fraction of sp³-hybridized carbons (Fsp3) is 0.200. The average molecular weight is 284 g/mol. The van der Waals surface area contributed by atoms with Crippen LogP contribution in [0.4, 0.5) is 15.3 Å². The van der Waals surface area contributed by atoms with Gasteiger partial charge in [-0.15, -0.1) is 0 Å². The largest absolute Gasteiger partial charge is 0.336 e. The summed E-state index contributed by atoms with van der Waals surface area (Å²) in [5, 5.41) is 5.21. The molecule has 16 heavy (non-hydrogen) atoms. The summed E-state index contributed by atoms with van der Waals surface area (Å²) < 4.78 is 0.935. The number of amides is 4. The van der Waals surface area contributed by atoms with E-state index in [2.05, 4.69) is 26.6 Å². The zero-order valence-electron chi connectivity index (χ0n) is 8.37. The van der Waals surface area contributed by atoms with E-state index >= 15 is 0 Å². The van der Waals surface area contributed by atoms with Gasteiger partial charge in [-0.05, 0) is 24.3 Å². The molecule has 1 fully saturated rings. The number of carbonyl (C=O) groups excluding carboxylic acids is 2. The summed E-state index contributed by atoms with van der Waals surface area (Å²) >= 11 is 3.30. The zero-order chi connectivity index (χ0) is 11.5. The van der Waals surface area contributed by atoms with Crippen LogP contribution >= 0.6 is 15.9 Å². The first-order valence-electron chi connectivity index (χ1n) is 4.79. The normalized spacial score (nSPS) is 14.8. The summed E-state index contributed by atoms with van der Waals surface area (Å²) in [6.07, 6.45) is 0. The number of imide groups is 1. The minimum absolute atomic E-state index is 0.352. The van der Waals surface area contributed by atoms with Crippen molar-refractivity contribution in [2.75, 3.05) is 18.4 Å². The molecule has 6 heteroatoms. The Hall–Kier alpha value is -1.56. The molecule has 2 rings (SSSR count). The second kappa shape index (κ2) is 4.52. The second-order valence-corrected chi connectivity index (χ2v) is 4.24. The molecule has 1 saturated heterocycles. The van der Waals surface area contributed by atoms with Crippen molar-refractivity contribution in [1.29, 1.82) is 0 Å². The topological polar surface area (TPSA) is 61.4 Å². The van der Waals surface area contributed by atoms with Gasteiger partial charge in [0.1, 0.15) is 0 Å². The van der Waals surface area contributed by atoms with Gasteiger partial charge in [0.2, 0.25) is 0 Å². The van der Waals surface area contributed by atoms with Gasteiger partial charge < -0.3 is 10.6 Å². The lowest BCUT2D eigenvalue weighted by Gasteiger charge is -2.13.